The highest BCUT2D eigenvalue weighted by atomic mass is 15.3. The molecule has 21 heavy (non-hydrogen) atoms. The second-order valence-corrected chi connectivity index (χ2v) is 5.92. The van der Waals surface area contributed by atoms with E-state index in [-0.39, 0.29) is 0 Å². The molecule has 1 aliphatic rings. The first-order valence-corrected chi connectivity index (χ1v) is 7.68. The highest BCUT2D eigenvalue weighted by Gasteiger charge is 2.16. The summed E-state index contributed by atoms with van der Waals surface area (Å²) in [6.07, 6.45) is 4.74. The number of nitrogens with two attached hydrogens (primary N) is 1. The first-order chi connectivity index (χ1) is 10.1. The van der Waals surface area contributed by atoms with Crippen molar-refractivity contribution in [2.24, 2.45) is 0 Å². The Morgan fingerprint density at radius 3 is 2.38 bits per heavy atom. The van der Waals surface area contributed by atoms with Gasteiger partial charge in [0.05, 0.1) is 0 Å². The molecular formula is C14H27N7. The van der Waals surface area contributed by atoms with Crippen LogP contribution >= 0.6 is 0 Å². The van der Waals surface area contributed by atoms with Gasteiger partial charge in [0, 0.05) is 26.7 Å². The molecular weight excluding hydrogens is 266 g/mol. The maximum absolute atomic E-state index is 5.86. The third-order valence-electron chi connectivity index (χ3n) is 3.71. The first kappa shape index (κ1) is 15.8. The van der Waals surface area contributed by atoms with Crippen LogP contribution in [0.3, 0.4) is 0 Å². The topological polar surface area (TPSA) is 74.4 Å². The van der Waals surface area contributed by atoms with Crippen molar-refractivity contribution < 1.29 is 0 Å². The third kappa shape index (κ3) is 4.70. The quantitative estimate of drug-likeness (QED) is 0.832. The Labute approximate surface area is 127 Å². The lowest BCUT2D eigenvalue weighted by molar-refractivity contribution is 0.401. The van der Waals surface area contributed by atoms with Crippen LogP contribution in [-0.2, 0) is 0 Å². The summed E-state index contributed by atoms with van der Waals surface area (Å²) in [7, 11) is 6.16. The Bertz CT molecular complexity index is 443. The lowest BCUT2D eigenvalue weighted by Gasteiger charge is -2.27. The molecule has 0 saturated carbocycles. The summed E-state index contributed by atoms with van der Waals surface area (Å²) in [4.78, 5) is 19.6. The SMILES string of the molecule is CN(C)CCCN(C)c1nc(N)nc(N2CCCCC2)n1. The van der Waals surface area contributed by atoms with Crippen molar-refractivity contribution in [1.82, 2.24) is 19.9 Å². The van der Waals surface area contributed by atoms with Crippen LogP contribution in [0, 0.1) is 0 Å². The summed E-state index contributed by atoms with van der Waals surface area (Å²) in [5.74, 6) is 1.69. The van der Waals surface area contributed by atoms with Crippen molar-refractivity contribution in [2.75, 3.05) is 62.9 Å². The Hall–Kier alpha value is -1.63. The van der Waals surface area contributed by atoms with Gasteiger partial charge < -0.3 is 20.4 Å². The van der Waals surface area contributed by atoms with E-state index in [1.165, 1.54) is 19.3 Å². The van der Waals surface area contributed by atoms with Crippen molar-refractivity contribution >= 4 is 17.8 Å². The number of hydrogen-bond acceptors (Lipinski definition) is 7. The Morgan fingerprint density at radius 2 is 1.71 bits per heavy atom. The van der Waals surface area contributed by atoms with E-state index in [2.05, 4.69) is 43.7 Å². The molecule has 0 atom stereocenters. The fourth-order valence-electron chi connectivity index (χ4n) is 2.50. The second kappa shape index (κ2) is 7.40. The molecule has 2 rings (SSSR count). The number of piperidine rings is 1. The van der Waals surface area contributed by atoms with E-state index < -0.39 is 0 Å². The Kier molecular flexibility index (Phi) is 5.55. The number of nitrogens with zero attached hydrogens (tertiary/aromatic N) is 6. The number of hydrogen-bond donors (Lipinski definition) is 1. The largest absolute Gasteiger partial charge is 0.368 e. The normalized spacial score (nSPS) is 15.5. The molecule has 0 unspecified atom stereocenters. The van der Waals surface area contributed by atoms with Crippen LogP contribution in [0.2, 0.25) is 0 Å². The zero-order valence-electron chi connectivity index (χ0n) is 13.4. The molecule has 2 heterocycles. The highest BCUT2D eigenvalue weighted by molar-refractivity contribution is 5.43. The molecule has 1 aromatic rings. The number of nitrogen functional groups attached to an aromatic ring is 1. The van der Waals surface area contributed by atoms with E-state index in [4.69, 9.17) is 5.73 Å². The summed E-state index contributed by atoms with van der Waals surface area (Å²) in [5.41, 5.74) is 5.86. The molecule has 1 aromatic heterocycles. The highest BCUT2D eigenvalue weighted by Crippen LogP contribution is 2.18. The van der Waals surface area contributed by atoms with Crippen LogP contribution < -0.4 is 15.5 Å². The molecule has 0 bridgehead atoms. The van der Waals surface area contributed by atoms with E-state index >= 15 is 0 Å². The molecule has 7 heteroatoms. The standard InChI is InChI=1S/C14H27N7/c1-19(2)8-7-9-20(3)13-16-12(15)17-14(18-13)21-10-5-4-6-11-21/h4-11H2,1-3H3,(H2,15,16,17,18). The minimum absolute atomic E-state index is 0.306. The lowest BCUT2D eigenvalue weighted by atomic mass is 10.1. The van der Waals surface area contributed by atoms with Gasteiger partial charge in [0.25, 0.3) is 0 Å². The molecule has 118 valence electrons. The number of anilines is 3. The molecule has 0 amide bonds. The maximum atomic E-state index is 5.86. The summed E-state index contributed by atoms with van der Waals surface area (Å²) < 4.78 is 0. The molecule has 0 aromatic carbocycles. The zero-order valence-corrected chi connectivity index (χ0v) is 13.4. The van der Waals surface area contributed by atoms with Gasteiger partial charge in [0.1, 0.15) is 0 Å². The third-order valence-corrected chi connectivity index (χ3v) is 3.71. The molecule has 2 N–H and O–H groups in total. The lowest BCUT2D eigenvalue weighted by Crippen LogP contribution is -2.32. The molecule has 1 fully saturated rings. The summed E-state index contributed by atoms with van der Waals surface area (Å²) >= 11 is 0. The summed E-state index contributed by atoms with van der Waals surface area (Å²) in [6.45, 7) is 3.96. The predicted molar refractivity (Wildman–Crippen MR) is 86.7 cm³/mol. The van der Waals surface area contributed by atoms with Crippen LogP contribution in [0.5, 0.6) is 0 Å². The van der Waals surface area contributed by atoms with E-state index in [0.29, 0.717) is 11.9 Å². The monoisotopic (exact) mass is 293 g/mol. The van der Waals surface area contributed by atoms with Gasteiger partial charge in [-0.2, -0.15) is 15.0 Å². The van der Waals surface area contributed by atoms with E-state index in [1.54, 1.807) is 0 Å². The summed E-state index contributed by atoms with van der Waals surface area (Å²) in [6, 6.07) is 0. The van der Waals surface area contributed by atoms with Gasteiger partial charge in [-0.1, -0.05) is 0 Å². The van der Waals surface area contributed by atoms with Gasteiger partial charge in [-0.3, -0.25) is 0 Å². The number of rotatable bonds is 6. The van der Waals surface area contributed by atoms with Crippen LogP contribution in [0.15, 0.2) is 0 Å². The summed E-state index contributed by atoms with van der Waals surface area (Å²) in [5, 5.41) is 0. The van der Waals surface area contributed by atoms with Gasteiger partial charge in [0.15, 0.2) is 0 Å². The minimum atomic E-state index is 0.306. The smallest absolute Gasteiger partial charge is 0.231 e. The molecule has 0 aliphatic carbocycles. The number of aromatic nitrogens is 3. The molecule has 0 spiro atoms. The molecule has 7 nitrogen and oxygen atoms in total. The Morgan fingerprint density at radius 1 is 1.00 bits per heavy atom. The maximum Gasteiger partial charge on any atom is 0.231 e. The average molecular weight is 293 g/mol. The van der Waals surface area contributed by atoms with E-state index in [0.717, 1.165) is 38.5 Å². The predicted octanol–water partition coefficient (Wildman–Crippen LogP) is 0.832. The van der Waals surface area contributed by atoms with Crippen LogP contribution in [0.1, 0.15) is 25.7 Å². The van der Waals surface area contributed by atoms with Crippen molar-refractivity contribution in [3.05, 3.63) is 0 Å². The molecule has 0 radical (unpaired) electrons. The fourth-order valence-corrected chi connectivity index (χ4v) is 2.50. The van der Waals surface area contributed by atoms with Crippen molar-refractivity contribution in [3.63, 3.8) is 0 Å². The van der Waals surface area contributed by atoms with Gasteiger partial charge in [-0.15, -0.1) is 0 Å². The van der Waals surface area contributed by atoms with Crippen molar-refractivity contribution in [3.8, 4) is 0 Å². The van der Waals surface area contributed by atoms with Crippen LogP contribution in [0.25, 0.3) is 0 Å². The molecule has 1 saturated heterocycles. The van der Waals surface area contributed by atoms with Crippen molar-refractivity contribution in [1.29, 1.82) is 0 Å². The second-order valence-electron chi connectivity index (χ2n) is 5.92. The molecule has 1 aliphatic heterocycles. The van der Waals surface area contributed by atoms with E-state index in [1.807, 2.05) is 7.05 Å². The van der Waals surface area contributed by atoms with Crippen LogP contribution in [-0.4, -0.2) is 67.2 Å². The average Bonchev–Trinajstić information content (AvgIpc) is 2.47. The minimum Gasteiger partial charge on any atom is -0.368 e. The van der Waals surface area contributed by atoms with Gasteiger partial charge in [0.2, 0.25) is 17.8 Å². The van der Waals surface area contributed by atoms with E-state index in [9.17, 15) is 0 Å². The van der Waals surface area contributed by atoms with Gasteiger partial charge >= 0.3 is 0 Å². The zero-order chi connectivity index (χ0) is 15.2. The fraction of sp³-hybridized carbons (Fsp3) is 0.786. The van der Waals surface area contributed by atoms with Gasteiger partial charge in [-0.05, 0) is 46.3 Å². The van der Waals surface area contributed by atoms with Crippen molar-refractivity contribution in [2.45, 2.75) is 25.7 Å². The first-order valence-electron chi connectivity index (χ1n) is 7.68. The Balaban J connectivity index is 2.03. The van der Waals surface area contributed by atoms with Gasteiger partial charge in [-0.25, -0.2) is 0 Å². The van der Waals surface area contributed by atoms with Crippen LogP contribution in [0.4, 0.5) is 17.8 Å².